The van der Waals surface area contributed by atoms with Crippen molar-refractivity contribution in [2.24, 2.45) is 0 Å². The number of hydrogen-bond acceptors (Lipinski definition) is 8. The van der Waals surface area contributed by atoms with E-state index in [1.165, 1.54) is 6.33 Å². The van der Waals surface area contributed by atoms with Gasteiger partial charge < -0.3 is 19.5 Å². The first-order chi connectivity index (χ1) is 18.2. The van der Waals surface area contributed by atoms with E-state index in [9.17, 15) is 13.6 Å². The molecule has 0 saturated carbocycles. The second kappa shape index (κ2) is 11.6. The average Bonchev–Trinajstić information content (AvgIpc) is 3.56. The summed E-state index contributed by atoms with van der Waals surface area (Å²) < 4.78 is 39.4. The van der Waals surface area contributed by atoms with Crippen LogP contribution in [0.25, 0.3) is 16.8 Å². The number of rotatable bonds is 7. The maximum absolute atomic E-state index is 13.5. The van der Waals surface area contributed by atoms with Crippen molar-refractivity contribution in [3.05, 3.63) is 59.6 Å². The molecule has 4 heterocycles. The quantitative estimate of drug-likeness (QED) is 0.359. The lowest BCUT2D eigenvalue weighted by atomic mass is 9.97. The number of halogens is 3. The molecule has 0 spiro atoms. The lowest BCUT2D eigenvalue weighted by Gasteiger charge is -2.27. The number of aromatic nitrogens is 5. The van der Waals surface area contributed by atoms with Crippen molar-refractivity contribution >= 4 is 29.5 Å². The van der Waals surface area contributed by atoms with Crippen LogP contribution in [0.15, 0.2) is 41.3 Å². The first-order valence-electron chi connectivity index (χ1n) is 12.4. The van der Waals surface area contributed by atoms with Crippen LogP contribution in [0.1, 0.15) is 48.4 Å². The molecule has 1 fully saturated rings. The average molecular weight is 562 g/mol. The van der Waals surface area contributed by atoms with E-state index in [1.54, 1.807) is 16.6 Å². The maximum Gasteiger partial charge on any atom is 0.292 e. The fourth-order valence-electron chi connectivity index (χ4n) is 4.31. The van der Waals surface area contributed by atoms with E-state index in [1.807, 2.05) is 39.1 Å². The molecule has 0 bridgehead atoms. The van der Waals surface area contributed by atoms with E-state index in [2.05, 4.69) is 30.4 Å². The number of nitrogens with one attached hydrogen (secondary N) is 1. The fraction of sp³-hybridized carbons (Fsp3) is 0.423. The molecule has 208 valence electrons. The summed E-state index contributed by atoms with van der Waals surface area (Å²) in [5, 5.41) is 10.8. The lowest BCUT2D eigenvalue weighted by molar-refractivity contribution is 0.0937. The van der Waals surface area contributed by atoms with E-state index in [-0.39, 0.29) is 24.8 Å². The van der Waals surface area contributed by atoms with Gasteiger partial charge in [-0.3, -0.25) is 4.79 Å². The van der Waals surface area contributed by atoms with Crippen LogP contribution in [0.5, 0.6) is 0 Å². The summed E-state index contributed by atoms with van der Waals surface area (Å²) in [7, 11) is 0. The molecule has 1 N–H and O–H groups in total. The van der Waals surface area contributed by atoms with Crippen molar-refractivity contribution in [1.29, 1.82) is 0 Å². The van der Waals surface area contributed by atoms with Gasteiger partial charge in [-0.05, 0) is 23.3 Å². The molecule has 10 nitrogen and oxygen atoms in total. The van der Waals surface area contributed by atoms with Crippen LogP contribution in [0, 0.1) is 0 Å². The highest BCUT2D eigenvalue weighted by atomic mass is 35.5. The zero-order valence-electron chi connectivity index (χ0n) is 21.9. The van der Waals surface area contributed by atoms with E-state index < -0.39 is 24.2 Å². The summed E-state index contributed by atoms with van der Waals surface area (Å²) in [6.07, 6.45) is 0.358. The van der Waals surface area contributed by atoms with Crippen LogP contribution in [0.3, 0.4) is 0 Å². The first kappa shape index (κ1) is 28.4. The molecule has 39 heavy (non-hydrogen) atoms. The second-order valence-corrected chi connectivity index (χ2v) is 10.2. The summed E-state index contributed by atoms with van der Waals surface area (Å²) in [6.45, 7) is 8.58. The predicted molar refractivity (Wildman–Crippen MR) is 143 cm³/mol. The first-order valence-corrected chi connectivity index (χ1v) is 12.4. The van der Waals surface area contributed by atoms with Crippen molar-refractivity contribution in [1.82, 2.24) is 30.1 Å². The number of hydrogen-bond donors (Lipinski definition) is 1. The van der Waals surface area contributed by atoms with Gasteiger partial charge in [0.05, 0.1) is 36.3 Å². The molecule has 1 saturated heterocycles. The van der Waals surface area contributed by atoms with Gasteiger partial charge >= 0.3 is 0 Å². The Bertz CT molecular complexity index is 1450. The summed E-state index contributed by atoms with van der Waals surface area (Å²) in [5.74, 6) is -0.309. The van der Waals surface area contributed by atoms with Crippen molar-refractivity contribution in [2.75, 3.05) is 31.2 Å². The topological polar surface area (TPSA) is 111 Å². The lowest BCUT2D eigenvalue weighted by Crippen LogP contribution is -2.35. The second-order valence-electron chi connectivity index (χ2n) is 10.2. The minimum Gasteiger partial charge on any atom is -0.378 e. The normalized spacial score (nSPS) is 14.1. The number of benzene rings is 1. The van der Waals surface area contributed by atoms with Gasteiger partial charge in [-0.15, -0.1) is 12.4 Å². The summed E-state index contributed by atoms with van der Waals surface area (Å²) in [5.41, 5.74) is 3.66. The van der Waals surface area contributed by atoms with Crippen molar-refractivity contribution < 1.29 is 22.8 Å². The number of fused-ring (bicyclic) bond motifs is 1. The van der Waals surface area contributed by atoms with Gasteiger partial charge in [0, 0.05) is 37.0 Å². The highest BCUT2D eigenvalue weighted by Gasteiger charge is 2.24. The van der Waals surface area contributed by atoms with Gasteiger partial charge in [0.2, 0.25) is 12.3 Å². The van der Waals surface area contributed by atoms with Crippen LogP contribution in [-0.4, -0.2) is 63.4 Å². The molecule has 13 heteroatoms. The molecule has 0 unspecified atom stereocenters. The number of amides is 1. The number of ether oxygens (including phenoxy) is 1. The molecule has 5 rings (SSSR count). The molecule has 0 aliphatic carbocycles. The number of carbonyl (C=O) groups is 1. The third kappa shape index (κ3) is 6.34. The van der Waals surface area contributed by atoms with Crippen molar-refractivity contribution in [3.8, 4) is 11.3 Å². The Balaban J connectivity index is 0.00000353. The van der Waals surface area contributed by atoms with Gasteiger partial charge in [0.15, 0.2) is 0 Å². The molecule has 0 atom stereocenters. The molecule has 4 aromatic rings. The third-order valence-corrected chi connectivity index (χ3v) is 6.33. The smallest absolute Gasteiger partial charge is 0.292 e. The largest absolute Gasteiger partial charge is 0.378 e. The Labute approximate surface area is 230 Å². The molecular formula is C26H30ClF2N7O3. The summed E-state index contributed by atoms with van der Waals surface area (Å²) in [6, 6.07) is 7.24. The summed E-state index contributed by atoms with van der Waals surface area (Å²) in [4.78, 5) is 23.4. The zero-order chi connectivity index (χ0) is 26.9. The molecule has 1 aromatic carbocycles. The standard InChI is InChI=1S/C26H29F2N7O3.ClH/c1-26(2,3)25-32-23(33-38-25)24(36)29-13-17-5-4-16(10-18(17)11-21(27)28)22-20-12-19(14-35(20)31-15-30-22)34-6-8-37-9-7-34;/h4-5,10,12,14-15,21H,6-9,11,13H2,1-3H3,(H,29,36);1H. The van der Waals surface area contributed by atoms with Crippen molar-refractivity contribution in [2.45, 2.75) is 45.6 Å². The molecular weight excluding hydrogens is 532 g/mol. The number of alkyl halides is 2. The molecule has 1 aliphatic rings. The van der Waals surface area contributed by atoms with Crippen LogP contribution >= 0.6 is 12.4 Å². The van der Waals surface area contributed by atoms with Crippen molar-refractivity contribution in [3.63, 3.8) is 0 Å². The number of nitrogens with zero attached hydrogens (tertiary/aromatic N) is 6. The Morgan fingerprint density at radius 2 is 1.92 bits per heavy atom. The Morgan fingerprint density at radius 1 is 1.15 bits per heavy atom. The fourth-order valence-corrected chi connectivity index (χ4v) is 4.31. The minimum absolute atomic E-state index is 0. The molecule has 3 aromatic heterocycles. The SMILES string of the molecule is CC(C)(C)c1nc(C(=O)NCc2ccc(-c3ncnn4cc(N5CCOCC5)cc34)cc2CC(F)F)no1.Cl. The van der Waals surface area contributed by atoms with Crippen LogP contribution in [0.2, 0.25) is 0 Å². The van der Waals surface area contributed by atoms with Gasteiger partial charge in [-0.1, -0.05) is 38.1 Å². The monoisotopic (exact) mass is 561 g/mol. The minimum atomic E-state index is -2.56. The highest BCUT2D eigenvalue weighted by Crippen LogP contribution is 2.29. The van der Waals surface area contributed by atoms with Gasteiger partial charge in [0.25, 0.3) is 11.7 Å². The zero-order valence-corrected chi connectivity index (χ0v) is 22.7. The molecule has 0 radical (unpaired) electrons. The van der Waals surface area contributed by atoms with E-state index in [0.29, 0.717) is 41.5 Å². The van der Waals surface area contributed by atoms with Gasteiger partial charge in [-0.25, -0.2) is 18.3 Å². The van der Waals surface area contributed by atoms with E-state index >= 15 is 0 Å². The number of carbonyl (C=O) groups excluding carboxylic acids is 1. The Morgan fingerprint density at radius 3 is 2.62 bits per heavy atom. The molecule has 1 aliphatic heterocycles. The Hall–Kier alpha value is -3.64. The molecule has 1 amide bonds. The van der Waals surface area contributed by atoms with E-state index in [0.717, 1.165) is 24.3 Å². The highest BCUT2D eigenvalue weighted by molar-refractivity contribution is 5.90. The van der Waals surface area contributed by atoms with Gasteiger partial charge in [-0.2, -0.15) is 10.1 Å². The number of morpholine rings is 1. The summed E-state index contributed by atoms with van der Waals surface area (Å²) >= 11 is 0. The van der Waals surface area contributed by atoms with Crippen LogP contribution in [0.4, 0.5) is 14.5 Å². The predicted octanol–water partition coefficient (Wildman–Crippen LogP) is 4.07. The van der Waals surface area contributed by atoms with Crippen LogP contribution < -0.4 is 10.2 Å². The van der Waals surface area contributed by atoms with Gasteiger partial charge in [0.1, 0.15) is 6.33 Å². The maximum atomic E-state index is 13.5. The Kier molecular flexibility index (Phi) is 8.45. The third-order valence-electron chi connectivity index (χ3n) is 6.33. The van der Waals surface area contributed by atoms with Crippen LogP contribution in [-0.2, 0) is 23.1 Å². The van der Waals surface area contributed by atoms with E-state index in [4.69, 9.17) is 9.26 Å². The number of anilines is 1.